The fourth-order valence-corrected chi connectivity index (χ4v) is 3.54. The number of nitrogens with zero attached hydrogens (tertiary/aromatic N) is 3. The highest BCUT2D eigenvalue weighted by Crippen LogP contribution is 2.43. The van der Waals surface area contributed by atoms with Gasteiger partial charge in [0, 0.05) is 36.2 Å². The molecule has 2 aliphatic heterocycles. The molecule has 0 spiro atoms. The molecule has 3 N–H and O–H groups in total. The predicted octanol–water partition coefficient (Wildman–Crippen LogP) is 1.55. The molecule has 1 saturated heterocycles. The lowest BCUT2D eigenvalue weighted by Gasteiger charge is -2.20. The lowest BCUT2D eigenvalue weighted by molar-refractivity contribution is -0.145. The highest BCUT2D eigenvalue weighted by Gasteiger charge is 2.36. The van der Waals surface area contributed by atoms with Crippen LogP contribution in [0.2, 0.25) is 0 Å². The van der Waals surface area contributed by atoms with E-state index >= 15 is 0 Å². The first kappa shape index (κ1) is 16.5. The van der Waals surface area contributed by atoms with Gasteiger partial charge < -0.3 is 25.1 Å². The van der Waals surface area contributed by atoms with Crippen molar-refractivity contribution in [2.75, 3.05) is 17.7 Å². The Labute approximate surface area is 148 Å². The third-order valence-corrected chi connectivity index (χ3v) is 4.64. The molecular weight excluding hydrogens is 338 g/mol. The zero-order valence-corrected chi connectivity index (χ0v) is 14.4. The van der Waals surface area contributed by atoms with Gasteiger partial charge in [0.05, 0.1) is 17.8 Å². The van der Waals surface area contributed by atoms with E-state index in [1.165, 1.54) is 19.3 Å². The molecule has 0 amide bonds. The lowest BCUT2D eigenvalue weighted by Crippen LogP contribution is -2.18. The maximum atomic E-state index is 11.8. The topological polar surface area (TPSA) is 121 Å². The van der Waals surface area contributed by atoms with Crippen molar-refractivity contribution in [2.24, 2.45) is 10.9 Å². The Kier molecular flexibility index (Phi) is 3.87. The molecule has 3 unspecified atom stereocenters. The van der Waals surface area contributed by atoms with E-state index in [1.807, 2.05) is 10.8 Å². The van der Waals surface area contributed by atoms with Gasteiger partial charge in [0.15, 0.2) is 0 Å². The van der Waals surface area contributed by atoms with E-state index in [0.29, 0.717) is 28.1 Å². The smallest absolute Gasteiger partial charge is 0.302 e. The quantitative estimate of drug-likeness (QED) is 0.799. The third-order valence-electron chi connectivity index (χ3n) is 4.64. The molecule has 9 nitrogen and oxygen atoms in total. The van der Waals surface area contributed by atoms with Gasteiger partial charge in [0.1, 0.15) is 24.5 Å². The number of esters is 1. The van der Waals surface area contributed by atoms with Crippen LogP contribution in [0.15, 0.2) is 22.1 Å². The van der Waals surface area contributed by atoms with Crippen molar-refractivity contribution in [1.29, 1.82) is 0 Å². The molecule has 4 heterocycles. The van der Waals surface area contributed by atoms with E-state index in [0.717, 1.165) is 6.42 Å². The minimum atomic E-state index is -0.416. The molecule has 4 rings (SSSR count). The van der Waals surface area contributed by atoms with E-state index in [2.05, 4.69) is 22.2 Å². The van der Waals surface area contributed by atoms with Crippen LogP contribution in [0.1, 0.15) is 26.5 Å². The van der Waals surface area contributed by atoms with Crippen molar-refractivity contribution < 1.29 is 14.3 Å². The molecule has 9 heteroatoms. The number of carbonyl (C=O) groups excluding carboxylic acids is 1. The molecule has 0 aromatic carbocycles. The molecule has 2 aromatic rings. The first-order valence-electron chi connectivity index (χ1n) is 8.37. The standard InChI is InChI=1S/C17H19N5O4/c1-8-3-10(6-25-9(2)23)26-17(8)22-5-11-12(18)4-13(24)21-15-14(11)16(22)20-7-19-15/h4-5,7-8,10,17H,3,6,18H2,1-2H3,(H,19,20,21,24). The van der Waals surface area contributed by atoms with Crippen LogP contribution in [-0.2, 0) is 14.3 Å². The molecule has 0 bridgehead atoms. The summed E-state index contributed by atoms with van der Waals surface area (Å²) in [6, 6.07) is 1.30. The number of hydrogen-bond acceptors (Lipinski definition) is 8. The number of aliphatic imine (C=N–C) groups is 1. The summed E-state index contributed by atoms with van der Waals surface area (Å²) in [6.07, 6.45) is 3.63. The maximum Gasteiger partial charge on any atom is 0.302 e. The lowest BCUT2D eigenvalue weighted by atomic mass is 10.1. The molecule has 1 fully saturated rings. The van der Waals surface area contributed by atoms with Crippen molar-refractivity contribution >= 4 is 40.4 Å². The monoisotopic (exact) mass is 357 g/mol. The summed E-state index contributed by atoms with van der Waals surface area (Å²) in [5, 5.41) is 4.28. The van der Waals surface area contributed by atoms with Gasteiger partial charge in [0.25, 0.3) is 5.56 Å². The number of rotatable bonds is 3. The summed E-state index contributed by atoms with van der Waals surface area (Å²) in [5.41, 5.74) is 6.00. The Morgan fingerprint density at radius 3 is 3.12 bits per heavy atom. The van der Waals surface area contributed by atoms with Crippen LogP contribution in [0.3, 0.4) is 0 Å². The number of nitrogens with two attached hydrogens (primary N) is 1. The second-order valence-corrected chi connectivity index (χ2v) is 6.61. The number of aromatic nitrogens is 2. The van der Waals surface area contributed by atoms with Crippen LogP contribution in [-0.4, -0.2) is 34.6 Å². The molecule has 2 aliphatic rings. The Morgan fingerprint density at radius 2 is 2.35 bits per heavy atom. The second kappa shape index (κ2) is 6.10. The van der Waals surface area contributed by atoms with Gasteiger partial charge in [-0.3, -0.25) is 9.59 Å². The molecular formula is C17H19N5O4. The van der Waals surface area contributed by atoms with E-state index in [-0.39, 0.29) is 30.8 Å². The minimum Gasteiger partial charge on any atom is -0.463 e. The Hall–Kier alpha value is -2.94. The largest absolute Gasteiger partial charge is 0.463 e. The first-order chi connectivity index (χ1) is 12.4. The highest BCUT2D eigenvalue weighted by atomic mass is 16.6. The summed E-state index contributed by atoms with van der Waals surface area (Å²) in [7, 11) is 0. The van der Waals surface area contributed by atoms with Crippen molar-refractivity contribution in [2.45, 2.75) is 32.6 Å². The summed E-state index contributed by atoms with van der Waals surface area (Å²) in [6.45, 7) is 3.67. The van der Waals surface area contributed by atoms with Gasteiger partial charge in [-0.05, 0) is 6.42 Å². The Bertz CT molecular complexity index is 983. The van der Waals surface area contributed by atoms with Gasteiger partial charge in [-0.15, -0.1) is 0 Å². The summed E-state index contributed by atoms with van der Waals surface area (Å²) in [4.78, 5) is 31.3. The van der Waals surface area contributed by atoms with E-state index in [9.17, 15) is 9.59 Å². The second-order valence-electron chi connectivity index (χ2n) is 6.61. The number of nitrogen functional groups attached to an aromatic ring is 1. The zero-order valence-electron chi connectivity index (χ0n) is 14.4. The van der Waals surface area contributed by atoms with E-state index in [4.69, 9.17) is 15.2 Å². The van der Waals surface area contributed by atoms with Gasteiger partial charge in [-0.25, -0.2) is 4.99 Å². The van der Waals surface area contributed by atoms with Crippen molar-refractivity contribution in [3.63, 3.8) is 0 Å². The molecule has 0 radical (unpaired) electrons. The van der Waals surface area contributed by atoms with Crippen LogP contribution in [0.4, 0.5) is 17.3 Å². The fraction of sp³-hybridized carbons (Fsp3) is 0.412. The van der Waals surface area contributed by atoms with Gasteiger partial charge in [-0.2, -0.15) is 4.98 Å². The van der Waals surface area contributed by atoms with Gasteiger partial charge in [-0.1, -0.05) is 6.92 Å². The van der Waals surface area contributed by atoms with Crippen LogP contribution in [0.25, 0.3) is 10.8 Å². The maximum absolute atomic E-state index is 11.8. The molecule has 2 aromatic heterocycles. The van der Waals surface area contributed by atoms with Crippen molar-refractivity contribution in [3.8, 4) is 0 Å². The number of nitrogens with one attached hydrogen (secondary N) is 1. The third kappa shape index (κ3) is 2.70. The molecule has 26 heavy (non-hydrogen) atoms. The highest BCUT2D eigenvalue weighted by molar-refractivity contribution is 6.10. The first-order valence-corrected chi connectivity index (χ1v) is 8.37. The molecule has 0 saturated carbocycles. The molecule has 0 aliphatic carbocycles. The molecule has 3 atom stereocenters. The average molecular weight is 357 g/mol. The van der Waals surface area contributed by atoms with Crippen LogP contribution in [0, 0.1) is 5.92 Å². The van der Waals surface area contributed by atoms with Gasteiger partial charge in [0.2, 0.25) is 0 Å². The summed E-state index contributed by atoms with van der Waals surface area (Å²) < 4.78 is 13.1. The fourth-order valence-electron chi connectivity index (χ4n) is 3.54. The SMILES string of the molecule is CC(=O)OCC1CC(C)C(n2cc3c(N)cc(=O)nc4c3c2N=CN4)O1. The number of anilines is 2. The van der Waals surface area contributed by atoms with E-state index in [1.54, 1.807) is 0 Å². The van der Waals surface area contributed by atoms with Crippen LogP contribution >= 0.6 is 0 Å². The Morgan fingerprint density at radius 1 is 1.54 bits per heavy atom. The zero-order chi connectivity index (χ0) is 18.4. The van der Waals surface area contributed by atoms with Gasteiger partial charge >= 0.3 is 5.97 Å². The normalized spacial score (nSPS) is 23.8. The van der Waals surface area contributed by atoms with Crippen LogP contribution < -0.4 is 16.6 Å². The minimum absolute atomic E-state index is 0.179. The van der Waals surface area contributed by atoms with Crippen molar-refractivity contribution in [1.82, 2.24) is 9.55 Å². The number of hydrogen-bond donors (Lipinski definition) is 2. The Balaban J connectivity index is 1.77. The predicted molar refractivity (Wildman–Crippen MR) is 96.5 cm³/mol. The summed E-state index contributed by atoms with van der Waals surface area (Å²) in [5.74, 6) is 0.910. The molecule has 136 valence electrons. The summed E-state index contributed by atoms with van der Waals surface area (Å²) >= 11 is 0. The number of carbonyl (C=O) groups is 1. The average Bonchev–Trinajstić information content (AvgIpc) is 3.10. The van der Waals surface area contributed by atoms with Crippen LogP contribution in [0.5, 0.6) is 0 Å². The van der Waals surface area contributed by atoms with Crippen molar-refractivity contribution in [3.05, 3.63) is 22.6 Å². The van der Waals surface area contributed by atoms with E-state index < -0.39 is 5.56 Å². The number of ether oxygens (including phenoxy) is 2.